The van der Waals surface area contributed by atoms with E-state index in [2.05, 4.69) is 19.0 Å². The molecule has 0 spiro atoms. The number of rotatable bonds is 2. The summed E-state index contributed by atoms with van der Waals surface area (Å²) >= 11 is 0. The van der Waals surface area contributed by atoms with Crippen LogP contribution in [-0.2, 0) is 17.1 Å². The van der Waals surface area contributed by atoms with Gasteiger partial charge < -0.3 is 19.8 Å². The Morgan fingerprint density at radius 1 is 0.765 bits per heavy atom. The summed E-state index contributed by atoms with van der Waals surface area (Å²) in [5, 5.41) is 0. The average Bonchev–Trinajstić information content (AvgIpc) is 2.75. The third-order valence-corrected chi connectivity index (χ3v) is 3.35. The molecule has 0 atom stereocenters. The van der Waals surface area contributed by atoms with E-state index in [1.165, 1.54) is 64.3 Å². The molecular formula is C15H33FeN. The molecule has 0 amide bonds. The predicted molar refractivity (Wildman–Crippen MR) is 76.4 cm³/mol. The summed E-state index contributed by atoms with van der Waals surface area (Å²) in [5.41, 5.74) is 0. The summed E-state index contributed by atoms with van der Waals surface area (Å²) in [6, 6.07) is 0. The van der Waals surface area contributed by atoms with Crippen molar-refractivity contribution in [3.63, 3.8) is 0 Å². The first kappa shape index (κ1) is 22.6. The minimum absolute atomic E-state index is 0. The van der Waals surface area contributed by atoms with Gasteiger partial charge in [-0.25, -0.2) is 0 Å². The summed E-state index contributed by atoms with van der Waals surface area (Å²) < 4.78 is 0. The molecule has 17 heavy (non-hydrogen) atoms. The van der Waals surface area contributed by atoms with Crippen molar-refractivity contribution in [2.45, 2.75) is 57.8 Å². The fourth-order valence-electron chi connectivity index (χ4n) is 2.59. The van der Waals surface area contributed by atoms with E-state index in [9.17, 15) is 0 Å². The van der Waals surface area contributed by atoms with Crippen LogP contribution in [-0.4, -0.2) is 25.5 Å². The molecule has 0 aliphatic heterocycles. The molecule has 2 aliphatic carbocycles. The van der Waals surface area contributed by atoms with E-state index < -0.39 is 0 Å². The maximum atomic E-state index is 2.30. The van der Waals surface area contributed by atoms with Crippen LogP contribution in [0.4, 0.5) is 0 Å². The second kappa shape index (κ2) is 14.5. The van der Waals surface area contributed by atoms with E-state index in [4.69, 9.17) is 0 Å². The third kappa shape index (κ3) is 12.7. The standard InChI is InChI=1S/C8H17N.C5H10.2CH3.Fe/c1-9(2)7-8-5-3-4-6-8;1-2-4-5-3-1;;;/h8H,3-7H2,1-2H3;1-5H2;2*1H3;/q;;2*-1;+2. The Labute approximate surface area is 121 Å². The fraction of sp³-hybridized carbons (Fsp3) is 0.867. The molecule has 2 fully saturated rings. The molecule has 106 valence electrons. The molecule has 2 heteroatoms. The topological polar surface area (TPSA) is 3.24 Å². The van der Waals surface area contributed by atoms with E-state index >= 15 is 0 Å². The van der Waals surface area contributed by atoms with E-state index in [1.54, 1.807) is 0 Å². The smallest absolute Gasteiger partial charge is 0.358 e. The Balaban J connectivity index is -0.000000216. The number of hydrogen-bond donors (Lipinski definition) is 0. The number of hydrogen-bond acceptors (Lipinski definition) is 1. The first-order chi connectivity index (χ1) is 6.79. The first-order valence-corrected chi connectivity index (χ1v) is 6.44. The summed E-state index contributed by atoms with van der Waals surface area (Å²) in [7, 11) is 4.33. The van der Waals surface area contributed by atoms with Crippen molar-refractivity contribution in [3.8, 4) is 0 Å². The van der Waals surface area contributed by atoms with Gasteiger partial charge in [-0.05, 0) is 32.9 Å². The van der Waals surface area contributed by atoms with Crippen LogP contribution in [0, 0.1) is 20.8 Å². The fourth-order valence-corrected chi connectivity index (χ4v) is 2.59. The molecular weight excluding hydrogens is 250 g/mol. The van der Waals surface area contributed by atoms with Gasteiger partial charge in [0, 0.05) is 6.54 Å². The third-order valence-electron chi connectivity index (χ3n) is 3.35. The molecule has 0 aromatic rings. The van der Waals surface area contributed by atoms with Crippen molar-refractivity contribution in [3.05, 3.63) is 14.9 Å². The summed E-state index contributed by atoms with van der Waals surface area (Å²) in [6.07, 6.45) is 13.4. The van der Waals surface area contributed by atoms with Crippen molar-refractivity contribution in [1.29, 1.82) is 0 Å². The Morgan fingerprint density at radius 2 is 1.12 bits per heavy atom. The predicted octanol–water partition coefficient (Wildman–Crippen LogP) is 4.59. The van der Waals surface area contributed by atoms with Gasteiger partial charge in [-0.1, -0.05) is 44.9 Å². The van der Waals surface area contributed by atoms with Crippen molar-refractivity contribution in [1.82, 2.24) is 4.90 Å². The van der Waals surface area contributed by atoms with E-state index in [1.807, 2.05) is 0 Å². The SMILES string of the molecule is C1CCCC1.CN(C)CC1CCCC1.[CH3-].[CH3-].[Fe+2]. The average molecular weight is 283 g/mol. The summed E-state index contributed by atoms with van der Waals surface area (Å²) in [4.78, 5) is 2.30. The Hall–Kier alpha value is 0.479. The zero-order valence-corrected chi connectivity index (χ0v) is 13.6. The van der Waals surface area contributed by atoms with Crippen molar-refractivity contribution in [2.75, 3.05) is 20.6 Å². The molecule has 0 bridgehead atoms. The molecule has 0 saturated heterocycles. The molecule has 2 saturated carbocycles. The van der Waals surface area contributed by atoms with Crippen LogP contribution in [0.25, 0.3) is 0 Å². The molecule has 0 heterocycles. The van der Waals surface area contributed by atoms with Gasteiger partial charge in [-0.3, -0.25) is 0 Å². The molecule has 0 aromatic heterocycles. The minimum Gasteiger partial charge on any atom is -0.358 e. The van der Waals surface area contributed by atoms with Gasteiger partial charge in [0.25, 0.3) is 0 Å². The largest absolute Gasteiger partial charge is 2.00 e. The van der Waals surface area contributed by atoms with Crippen molar-refractivity contribution in [2.24, 2.45) is 5.92 Å². The van der Waals surface area contributed by atoms with Crippen LogP contribution in [0.1, 0.15) is 57.8 Å². The molecule has 2 aliphatic rings. The van der Waals surface area contributed by atoms with Crippen LogP contribution in [0.5, 0.6) is 0 Å². The monoisotopic (exact) mass is 283 g/mol. The van der Waals surface area contributed by atoms with Crippen LogP contribution >= 0.6 is 0 Å². The Kier molecular flexibility index (Phi) is 19.4. The second-order valence-corrected chi connectivity index (χ2v) is 5.18. The van der Waals surface area contributed by atoms with Gasteiger partial charge in [0.2, 0.25) is 0 Å². The number of nitrogens with zero attached hydrogens (tertiary/aromatic N) is 1. The van der Waals surface area contributed by atoms with Crippen molar-refractivity contribution >= 4 is 0 Å². The maximum Gasteiger partial charge on any atom is 2.00 e. The van der Waals surface area contributed by atoms with Crippen molar-refractivity contribution < 1.29 is 17.1 Å². The second-order valence-electron chi connectivity index (χ2n) is 5.18. The van der Waals surface area contributed by atoms with Crippen LogP contribution in [0.2, 0.25) is 0 Å². The van der Waals surface area contributed by atoms with E-state index in [0.29, 0.717) is 0 Å². The van der Waals surface area contributed by atoms with Gasteiger partial charge in [-0.15, -0.1) is 0 Å². The molecule has 2 rings (SSSR count). The van der Waals surface area contributed by atoms with Gasteiger partial charge in [0.05, 0.1) is 0 Å². The normalized spacial score (nSPS) is 18.5. The first-order valence-electron chi connectivity index (χ1n) is 6.44. The van der Waals surface area contributed by atoms with Gasteiger partial charge >= 0.3 is 17.1 Å². The zero-order valence-electron chi connectivity index (χ0n) is 12.4. The minimum atomic E-state index is 0. The summed E-state index contributed by atoms with van der Waals surface area (Å²) in [5.74, 6) is 1.01. The van der Waals surface area contributed by atoms with Gasteiger partial charge in [-0.2, -0.15) is 0 Å². The Morgan fingerprint density at radius 3 is 1.41 bits per heavy atom. The van der Waals surface area contributed by atoms with Crippen LogP contribution in [0.3, 0.4) is 0 Å². The molecule has 1 nitrogen and oxygen atoms in total. The van der Waals surface area contributed by atoms with Gasteiger partial charge in [0.1, 0.15) is 0 Å². The zero-order chi connectivity index (χ0) is 10.2. The van der Waals surface area contributed by atoms with Crippen LogP contribution in [0.15, 0.2) is 0 Å². The molecule has 0 aromatic carbocycles. The van der Waals surface area contributed by atoms with E-state index in [-0.39, 0.29) is 31.9 Å². The molecule has 0 unspecified atom stereocenters. The molecule has 0 radical (unpaired) electrons. The van der Waals surface area contributed by atoms with Crippen LogP contribution < -0.4 is 0 Å². The maximum absolute atomic E-state index is 2.30. The molecule has 0 N–H and O–H groups in total. The quantitative estimate of drug-likeness (QED) is 0.529. The Bertz CT molecular complexity index is 119. The van der Waals surface area contributed by atoms with Gasteiger partial charge in [0.15, 0.2) is 0 Å². The summed E-state index contributed by atoms with van der Waals surface area (Å²) in [6.45, 7) is 1.31. The van der Waals surface area contributed by atoms with E-state index in [0.717, 1.165) is 5.92 Å².